The van der Waals surface area contributed by atoms with Crippen molar-refractivity contribution in [2.24, 2.45) is 13.0 Å². The Labute approximate surface area is 212 Å². The Bertz CT molecular complexity index is 1280. The SMILES string of the molecule is Cn1cnnc1[C@@H](c1cccc(C2NNc3c2cc(C(F)(F)F)nc3CNC2CC(O)C2)c1)C1CCC1. The Morgan fingerprint density at radius 3 is 2.68 bits per heavy atom. The molecular weight excluding hydrogens is 483 g/mol. The lowest BCUT2D eigenvalue weighted by molar-refractivity contribution is -0.141. The number of hydrogen-bond acceptors (Lipinski definition) is 7. The van der Waals surface area contributed by atoms with E-state index in [9.17, 15) is 18.3 Å². The van der Waals surface area contributed by atoms with Gasteiger partial charge in [0.25, 0.3) is 0 Å². The van der Waals surface area contributed by atoms with Gasteiger partial charge in [0.2, 0.25) is 0 Å². The van der Waals surface area contributed by atoms with Crippen LogP contribution in [0.1, 0.15) is 78.0 Å². The quantitative estimate of drug-likeness (QED) is 0.382. The maximum absolute atomic E-state index is 13.8. The fourth-order valence-electron chi connectivity index (χ4n) is 5.66. The number of pyridine rings is 1. The van der Waals surface area contributed by atoms with Gasteiger partial charge in [-0.2, -0.15) is 13.2 Å². The van der Waals surface area contributed by atoms with E-state index in [4.69, 9.17) is 0 Å². The number of nitrogens with one attached hydrogen (secondary N) is 3. The minimum atomic E-state index is -4.56. The Hall–Kier alpha value is -3.02. The summed E-state index contributed by atoms with van der Waals surface area (Å²) < 4.78 is 43.4. The van der Waals surface area contributed by atoms with E-state index >= 15 is 0 Å². The number of alkyl halides is 3. The Balaban J connectivity index is 1.34. The summed E-state index contributed by atoms with van der Waals surface area (Å²) in [5, 5.41) is 21.2. The van der Waals surface area contributed by atoms with Crippen molar-refractivity contribution in [3.63, 3.8) is 0 Å². The van der Waals surface area contributed by atoms with E-state index in [1.54, 1.807) is 6.33 Å². The number of aliphatic hydroxyl groups excluding tert-OH is 1. The van der Waals surface area contributed by atoms with Gasteiger partial charge in [0.05, 0.1) is 23.5 Å². The molecule has 0 saturated heterocycles. The molecule has 0 radical (unpaired) electrons. The summed E-state index contributed by atoms with van der Waals surface area (Å²) in [6.07, 6.45) is 1.39. The highest BCUT2D eigenvalue weighted by Crippen LogP contribution is 2.44. The van der Waals surface area contributed by atoms with Crippen molar-refractivity contribution in [2.75, 3.05) is 5.43 Å². The Kier molecular flexibility index (Phi) is 6.16. The molecule has 4 N–H and O–H groups in total. The maximum atomic E-state index is 13.8. The number of benzene rings is 1. The van der Waals surface area contributed by atoms with Gasteiger partial charge >= 0.3 is 6.18 Å². The number of hydrogen-bond donors (Lipinski definition) is 4. The van der Waals surface area contributed by atoms with Crippen molar-refractivity contribution in [3.05, 3.63) is 70.6 Å². The number of hydrazine groups is 1. The van der Waals surface area contributed by atoms with Gasteiger partial charge in [-0.3, -0.25) is 0 Å². The average molecular weight is 514 g/mol. The fraction of sp³-hybridized carbons (Fsp3) is 0.500. The largest absolute Gasteiger partial charge is 0.433 e. The molecule has 37 heavy (non-hydrogen) atoms. The van der Waals surface area contributed by atoms with E-state index < -0.39 is 17.9 Å². The number of aliphatic hydroxyl groups is 1. The third kappa shape index (κ3) is 4.60. The molecule has 2 aromatic heterocycles. The van der Waals surface area contributed by atoms with E-state index in [0.29, 0.717) is 35.7 Å². The van der Waals surface area contributed by atoms with Crippen LogP contribution in [0.4, 0.5) is 18.9 Å². The molecule has 196 valence electrons. The van der Waals surface area contributed by atoms with Crippen LogP contribution in [0.5, 0.6) is 0 Å². The van der Waals surface area contributed by atoms with Crippen molar-refractivity contribution in [1.82, 2.24) is 30.5 Å². The molecule has 3 heterocycles. The van der Waals surface area contributed by atoms with Crippen molar-refractivity contribution in [3.8, 4) is 0 Å². The van der Waals surface area contributed by atoms with Crippen LogP contribution in [-0.4, -0.2) is 37.0 Å². The molecule has 0 spiro atoms. The summed E-state index contributed by atoms with van der Waals surface area (Å²) in [6.45, 7) is 0.182. The minimum absolute atomic E-state index is 0.0767. The van der Waals surface area contributed by atoms with E-state index in [0.717, 1.165) is 35.9 Å². The first-order valence-corrected chi connectivity index (χ1v) is 12.8. The van der Waals surface area contributed by atoms with Crippen LogP contribution in [-0.2, 0) is 19.8 Å². The van der Waals surface area contributed by atoms with Gasteiger partial charge in [-0.1, -0.05) is 30.7 Å². The highest BCUT2D eigenvalue weighted by Gasteiger charge is 2.38. The summed E-state index contributed by atoms with van der Waals surface area (Å²) in [5.74, 6) is 1.44. The number of aromatic nitrogens is 4. The zero-order valence-electron chi connectivity index (χ0n) is 20.5. The Morgan fingerprint density at radius 2 is 2.03 bits per heavy atom. The molecule has 6 rings (SSSR count). The van der Waals surface area contributed by atoms with Crippen LogP contribution in [0, 0.1) is 5.92 Å². The van der Waals surface area contributed by atoms with Gasteiger partial charge in [-0.15, -0.1) is 10.2 Å². The molecule has 3 aliphatic rings. The monoisotopic (exact) mass is 513 g/mol. The second-order valence-electron chi connectivity index (χ2n) is 10.5. The second-order valence-corrected chi connectivity index (χ2v) is 10.5. The van der Waals surface area contributed by atoms with Gasteiger partial charge < -0.3 is 20.4 Å². The third-order valence-electron chi connectivity index (χ3n) is 7.99. The number of nitrogens with zero attached hydrogens (tertiary/aromatic N) is 4. The fourth-order valence-corrected chi connectivity index (χ4v) is 5.66. The molecular formula is C26H30F3N7O. The molecule has 2 aliphatic carbocycles. The number of aryl methyl sites for hydroxylation is 1. The zero-order chi connectivity index (χ0) is 25.7. The molecule has 2 saturated carbocycles. The second kappa shape index (κ2) is 9.38. The molecule has 0 bridgehead atoms. The molecule has 1 unspecified atom stereocenters. The van der Waals surface area contributed by atoms with Gasteiger partial charge in [-0.05, 0) is 48.8 Å². The topological polar surface area (TPSA) is 99.9 Å². The number of rotatable bonds is 7. The highest BCUT2D eigenvalue weighted by molar-refractivity contribution is 5.62. The standard InChI is InChI=1S/C26H30F3N7O/c1-36-13-31-35-25(36)22(14-4-2-5-14)15-6-3-7-16(8-15)23-19-11-21(26(27,28)29)32-20(24(19)34-33-23)12-30-17-9-18(37)10-17/h3,6-8,11,13-14,17-18,22-23,30,33-34,37H,2,4-5,9-10,12H2,1H3/t17?,18?,22-,23?/m1/s1. The van der Waals surface area contributed by atoms with Gasteiger partial charge in [-0.25, -0.2) is 10.4 Å². The summed E-state index contributed by atoms with van der Waals surface area (Å²) in [6, 6.07) is 8.80. The number of anilines is 1. The van der Waals surface area contributed by atoms with Crippen LogP contribution >= 0.6 is 0 Å². The first kappa shape index (κ1) is 24.3. The Morgan fingerprint density at radius 1 is 1.22 bits per heavy atom. The van der Waals surface area contributed by atoms with Crippen molar-refractivity contribution >= 4 is 5.69 Å². The lowest BCUT2D eigenvalue weighted by Gasteiger charge is -2.33. The van der Waals surface area contributed by atoms with E-state index in [1.807, 2.05) is 23.7 Å². The van der Waals surface area contributed by atoms with Crippen molar-refractivity contribution in [2.45, 2.75) is 68.9 Å². The number of fused-ring (bicyclic) bond motifs is 1. The molecule has 3 aromatic rings. The van der Waals surface area contributed by atoms with E-state index in [-0.39, 0.29) is 24.6 Å². The van der Waals surface area contributed by atoms with Crippen LogP contribution in [0.3, 0.4) is 0 Å². The first-order valence-electron chi connectivity index (χ1n) is 12.8. The van der Waals surface area contributed by atoms with Crippen LogP contribution in [0.25, 0.3) is 0 Å². The third-order valence-corrected chi connectivity index (χ3v) is 7.99. The van der Waals surface area contributed by atoms with Crippen molar-refractivity contribution in [1.29, 1.82) is 0 Å². The molecule has 1 aromatic carbocycles. The molecule has 2 atom stereocenters. The van der Waals surface area contributed by atoms with Crippen molar-refractivity contribution < 1.29 is 18.3 Å². The van der Waals surface area contributed by atoms with E-state index in [2.05, 4.69) is 43.5 Å². The normalized spacial score (nSPS) is 24.2. The van der Waals surface area contributed by atoms with Gasteiger partial charge in [0.15, 0.2) is 0 Å². The molecule has 2 fully saturated rings. The minimum Gasteiger partial charge on any atom is -0.393 e. The maximum Gasteiger partial charge on any atom is 0.433 e. The summed E-state index contributed by atoms with van der Waals surface area (Å²) in [7, 11) is 1.94. The first-order chi connectivity index (χ1) is 17.8. The van der Waals surface area contributed by atoms with Gasteiger partial charge in [0.1, 0.15) is 17.8 Å². The predicted octanol–water partition coefficient (Wildman–Crippen LogP) is 3.79. The van der Waals surface area contributed by atoms with E-state index in [1.165, 1.54) is 6.42 Å². The summed E-state index contributed by atoms with van der Waals surface area (Å²) in [4.78, 5) is 3.95. The average Bonchev–Trinajstić information content (AvgIpc) is 3.43. The van der Waals surface area contributed by atoms with Crippen LogP contribution in [0.2, 0.25) is 0 Å². The van der Waals surface area contributed by atoms with Crippen LogP contribution in [0.15, 0.2) is 36.7 Å². The number of halogens is 3. The summed E-state index contributed by atoms with van der Waals surface area (Å²) in [5.41, 5.74) is 8.74. The highest BCUT2D eigenvalue weighted by atomic mass is 19.4. The smallest absolute Gasteiger partial charge is 0.393 e. The lowest BCUT2D eigenvalue weighted by Crippen LogP contribution is -2.43. The molecule has 8 nitrogen and oxygen atoms in total. The van der Waals surface area contributed by atoms with Gasteiger partial charge in [0, 0.05) is 31.1 Å². The predicted molar refractivity (Wildman–Crippen MR) is 130 cm³/mol. The molecule has 1 aliphatic heterocycles. The lowest BCUT2D eigenvalue weighted by atomic mass is 9.72. The molecule has 11 heteroatoms. The molecule has 0 amide bonds. The zero-order valence-corrected chi connectivity index (χ0v) is 20.5. The van der Waals surface area contributed by atoms with Crippen LogP contribution < -0.4 is 16.2 Å². The summed E-state index contributed by atoms with van der Waals surface area (Å²) >= 11 is 0.